The number of para-hydroxylation sites is 2. The molecule has 0 unspecified atom stereocenters. The van der Waals surface area contributed by atoms with Crippen LogP contribution in [-0.2, 0) is 0 Å². The second kappa shape index (κ2) is 8.93. The van der Waals surface area contributed by atoms with E-state index in [1.54, 1.807) is 18.2 Å². The van der Waals surface area contributed by atoms with E-state index in [0.717, 1.165) is 15.5 Å². The van der Waals surface area contributed by atoms with E-state index in [4.69, 9.17) is 0 Å². The fraction of sp³-hybridized carbons (Fsp3) is 0.167. The van der Waals surface area contributed by atoms with E-state index in [9.17, 15) is 15.2 Å². The average molecular weight is 416 g/mol. The minimum Gasteiger partial charge on any atom is -0.506 e. The first-order valence-corrected chi connectivity index (χ1v) is 10.6. The van der Waals surface area contributed by atoms with E-state index in [1.165, 1.54) is 11.8 Å². The molecule has 1 amide bonds. The van der Waals surface area contributed by atoms with E-state index in [2.05, 4.69) is 11.0 Å². The number of amides is 1. The number of piperazine rings is 1. The quantitative estimate of drug-likeness (QED) is 0.685. The Balaban J connectivity index is 1.50. The first-order chi connectivity index (χ1) is 14.7. The van der Waals surface area contributed by atoms with E-state index < -0.39 is 0 Å². The maximum atomic E-state index is 13.3. The van der Waals surface area contributed by atoms with Gasteiger partial charge < -0.3 is 14.9 Å². The molecule has 150 valence electrons. The zero-order valence-electron chi connectivity index (χ0n) is 16.4. The second-order valence-corrected chi connectivity index (χ2v) is 8.06. The smallest absolute Gasteiger partial charge is 0.255 e. The van der Waals surface area contributed by atoms with Crippen molar-refractivity contribution in [2.24, 2.45) is 0 Å². The molecule has 0 radical (unpaired) electrons. The summed E-state index contributed by atoms with van der Waals surface area (Å²) in [7, 11) is 0. The van der Waals surface area contributed by atoms with E-state index >= 15 is 0 Å². The average Bonchev–Trinajstić information content (AvgIpc) is 2.80. The first kappa shape index (κ1) is 19.9. The van der Waals surface area contributed by atoms with Gasteiger partial charge in [0.2, 0.25) is 0 Å². The van der Waals surface area contributed by atoms with Crippen molar-refractivity contribution in [1.82, 2.24) is 4.90 Å². The lowest BCUT2D eigenvalue weighted by Crippen LogP contribution is -2.48. The summed E-state index contributed by atoms with van der Waals surface area (Å²) in [5.41, 5.74) is 2.04. The van der Waals surface area contributed by atoms with Gasteiger partial charge in [-0.2, -0.15) is 5.26 Å². The minimum absolute atomic E-state index is 0.00975. The standard InChI is InChI=1S/C24H21N3O2S/c25-17-18-7-1-5-11-22(18)30-23-12-6-2-8-19(23)24(29)27-15-13-26(14-16-27)20-9-3-4-10-21(20)28/h1-12,28H,13-16H2. The molecule has 1 saturated heterocycles. The molecule has 0 bridgehead atoms. The van der Waals surface area contributed by atoms with Gasteiger partial charge in [-0.15, -0.1) is 0 Å². The van der Waals surface area contributed by atoms with Gasteiger partial charge in [0.05, 0.1) is 16.8 Å². The highest BCUT2D eigenvalue weighted by Gasteiger charge is 2.25. The van der Waals surface area contributed by atoms with Gasteiger partial charge in [-0.1, -0.05) is 48.2 Å². The summed E-state index contributed by atoms with van der Waals surface area (Å²) in [6.07, 6.45) is 0. The highest BCUT2D eigenvalue weighted by molar-refractivity contribution is 7.99. The summed E-state index contributed by atoms with van der Waals surface area (Å²) >= 11 is 1.44. The Bertz CT molecular complexity index is 1100. The lowest BCUT2D eigenvalue weighted by molar-refractivity contribution is 0.0743. The van der Waals surface area contributed by atoms with Gasteiger partial charge in [0.25, 0.3) is 5.91 Å². The molecule has 1 N–H and O–H groups in total. The van der Waals surface area contributed by atoms with Crippen LogP contribution in [0.3, 0.4) is 0 Å². The summed E-state index contributed by atoms with van der Waals surface area (Å²) in [5.74, 6) is 0.250. The van der Waals surface area contributed by atoms with Gasteiger partial charge in [-0.3, -0.25) is 4.79 Å². The second-order valence-electron chi connectivity index (χ2n) is 6.97. The van der Waals surface area contributed by atoms with Crippen LogP contribution in [0.25, 0.3) is 0 Å². The highest BCUT2D eigenvalue weighted by Crippen LogP contribution is 2.33. The molecule has 1 aliphatic rings. The SMILES string of the molecule is N#Cc1ccccc1Sc1ccccc1C(=O)N1CCN(c2ccccc2O)CC1. The Labute approximate surface area is 180 Å². The fourth-order valence-corrected chi connectivity index (χ4v) is 4.57. The number of nitriles is 1. The summed E-state index contributed by atoms with van der Waals surface area (Å²) in [6, 6.07) is 24.4. The van der Waals surface area contributed by atoms with Gasteiger partial charge in [0.1, 0.15) is 11.8 Å². The number of carbonyl (C=O) groups excluding carboxylic acids is 1. The van der Waals surface area contributed by atoms with Crippen LogP contribution in [0.5, 0.6) is 5.75 Å². The predicted molar refractivity (Wildman–Crippen MR) is 118 cm³/mol. The van der Waals surface area contributed by atoms with Crippen LogP contribution in [0.1, 0.15) is 15.9 Å². The molecule has 5 nitrogen and oxygen atoms in total. The number of phenols is 1. The van der Waals surface area contributed by atoms with Crippen LogP contribution in [-0.4, -0.2) is 42.1 Å². The largest absolute Gasteiger partial charge is 0.506 e. The van der Waals surface area contributed by atoms with Crippen molar-refractivity contribution in [3.8, 4) is 11.8 Å². The van der Waals surface area contributed by atoms with Crippen molar-refractivity contribution >= 4 is 23.4 Å². The van der Waals surface area contributed by atoms with Crippen molar-refractivity contribution in [3.63, 3.8) is 0 Å². The van der Waals surface area contributed by atoms with Crippen molar-refractivity contribution in [2.45, 2.75) is 9.79 Å². The Hall–Kier alpha value is -3.43. The van der Waals surface area contributed by atoms with Crippen LogP contribution in [0.4, 0.5) is 5.69 Å². The van der Waals surface area contributed by atoms with Crippen molar-refractivity contribution in [1.29, 1.82) is 5.26 Å². The molecule has 1 fully saturated rings. The minimum atomic E-state index is -0.00975. The molecule has 3 aromatic rings. The molecular formula is C24H21N3O2S. The number of anilines is 1. The maximum absolute atomic E-state index is 13.3. The molecule has 30 heavy (non-hydrogen) atoms. The number of hydrogen-bond acceptors (Lipinski definition) is 5. The molecule has 0 spiro atoms. The Kier molecular flexibility index (Phi) is 5.92. The number of aromatic hydroxyl groups is 1. The van der Waals surface area contributed by atoms with Crippen LogP contribution >= 0.6 is 11.8 Å². The number of benzene rings is 3. The Morgan fingerprint density at radius 2 is 1.50 bits per heavy atom. The molecule has 0 atom stereocenters. The number of nitrogens with zero attached hydrogens (tertiary/aromatic N) is 3. The van der Waals surface area contributed by atoms with Gasteiger partial charge >= 0.3 is 0 Å². The van der Waals surface area contributed by atoms with E-state index in [-0.39, 0.29) is 11.7 Å². The monoisotopic (exact) mass is 415 g/mol. The first-order valence-electron chi connectivity index (χ1n) is 9.75. The van der Waals surface area contributed by atoms with E-state index in [0.29, 0.717) is 37.3 Å². The Morgan fingerprint density at radius 1 is 0.867 bits per heavy atom. The predicted octanol–water partition coefficient (Wildman–Crippen LogP) is 4.38. The summed E-state index contributed by atoms with van der Waals surface area (Å²) in [4.78, 5) is 18.9. The van der Waals surface area contributed by atoms with Crippen LogP contribution in [0.15, 0.2) is 82.6 Å². The summed E-state index contributed by atoms with van der Waals surface area (Å²) in [6.45, 7) is 2.49. The zero-order valence-corrected chi connectivity index (χ0v) is 17.2. The van der Waals surface area contributed by atoms with Crippen molar-refractivity contribution in [2.75, 3.05) is 31.1 Å². The molecule has 6 heteroatoms. The molecule has 0 aromatic heterocycles. The van der Waals surface area contributed by atoms with Crippen LogP contribution in [0.2, 0.25) is 0 Å². The molecule has 1 heterocycles. The normalized spacial score (nSPS) is 13.7. The summed E-state index contributed by atoms with van der Waals surface area (Å²) in [5, 5.41) is 19.4. The number of rotatable bonds is 4. The third-order valence-corrected chi connectivity index (χ3v) is 6.29. The third-order valence-electron chi connectivity index (χ3n) is 5.13. The molecular weight excluding hydrogens is 394 g/mol. The van der Waals surface area contributed by atoms with Gasteiger partial charge in [-0.25, -0.2) is 0 Å². The maximum Gasteiger partial charge on any atom is 0.255 e. The fourth-order valence-electron chi connectivity index (χ4n) is 3.55. The number of phenolic OH excluding ortho intramolecular Hbond substituents is 1. The van der Waals surface area contributed by atoms with Gasteiger partial charge in [-0.05, 0) is 36.4 Å². The topological polar surface area (TPSA) is 67.6 Å². The number of carbonyl (C=O) groups is 1. The number of hydrogen-bond donors (Lipinski definition) is 1. The van der Waals surface area contributed by atoms with Gasteiger partial charge in [0.15, 0.2) is 0 Å². The zero-order chi connectivity index (χ0) is 20.9. The van der Waals surface area contributed by atoms with Crippen LogP contribution < -0.4 is 4.90 Å². The highest BCUT2D eigenvalue weighted by atomic mass is 32.2. The lowest BCUT2D eigenvalue weighted by atomic mass is 10.1. The third kappa shape index (κ3) is 4.12. The lowest BCUT2D eigenvalue weighted by Gasteiger charge is -2.36. The molecule has 1 aliphatic heterocycles. The van der Waals surface area contributed by atoms with E-state index in [1.807, 2.05) is 59.5 Å². The summed E-state index contributed by atoms with van der Waals surface area (Å²) < 4.78 is 0. The molecule has 0 saturated carbocycles. The molecule has 3 aromatic carbocycles. The molecule has 4 rings (SSSR count). The van der Waals surface area contributed by atoms with Gasteiger partial charge in [0, 0.05) is 36.0 Å². The van der Waals surface area contributed by atoms with Crippen molar-refractivity contribution < 1.29 is 9.90 Å². The van der Waals surface area contributed by atoms with Crippen LogP contribution in [0, 0.1) is 11.3 Å². The Morgan fingerprint density at radius 3 is 2.23 bits per heavy atom. The molecule has 0 aliphatic carbocycles. The van der Waals surface area contributed by atoms with Crippen molar-refractivity contribution in [3.05, 3.63) is 83.9 Å².